The predicted molar refractivity (Wildman–Crippen MR) is 77.7 cm³/mol. The number of thiophene rings is 1. The highest BCUT2D eigenvalue weighted by molar-refractivity contribution is 9.10. The first-order valence-electron chi connectivity index (χ1n) is 5.68. The third-order valence-electron chi connectivity index (χ3n) is 2.65. The maximum atomic E-state index is 12.7. The maximum Gasteiger partial charge on any atom is 0.416 e. The minimum atomic E-state index is -4.44. The number of anilines is 1. The molecule has 2 rings (SSSR count). The van der Waals surface area contributed by atoms with Gasteiger partial charge in [0.25, 0.3) is 0 Å². The number of carboxylic acid groups (broad SMARTS) is 1. The van der Waals surface area contributed by atoms with Crippen LogP contribution in [-0.4, -0.2) is 11.1 Å². The van der Waals surface area contributed by atoms with Crippen LogP contribution in [0.3, 0.4) is 0 Å². The van der Waals surface area contributed by atoms with Crippen molar-refractivity contribution in [1.82, 2.24) is 0 Å². The summed E-state index contributed by atoms with van der Waals surface area (Å²) in [7, 11) is 0. The van der Waals surface area contributed by atoms with Crippen LogP contribution in [0.2, 0.25) is 0 Å². The topological polar surface area (TPSA) is 49.3 Å². The van der Waals surface area contributed by atoms with E-state index >= 15 is 0 Å². The highest BCUT2D eigenvalue weighted by Gasteiger charge is 2.31. The van der Waals surface area contributed by atoms with Gasteiger partial charge in [-0.1, -0.05) is 15.9 Å². The first-order chi connectivity index (χ1) is 9.77. The Hall–Kier alpha value is -1.54. The van der Waals surface area contributed by atoms with E-state index in [0.29, 0.717) is 10.0 Å². The van der Waals surface area contributed by atoms with Gasteiger partial charge in [-0.2, -0.15) is 13.2 Å². The molecule has 0 amide bonds. The van der Waals surface area contributed by atoms with Crippen molar-refractivity contribution in [2.45, 2.75) is 12.7 Å². The van der Waals surface area contributed by atoms with Crippen LogP contribution in [0, 0.1) is 0 Å². The van der Waals surface area contributed by atoms with Crippen molar-refractivity contribution in [2.75, 3.05) is 5.32 Å². The van der Waals surface area contributed by atoms with Gasteiger partial charge in [-0.05, 0) is 35.2 Å². The summed E-state index contributed by atoms with van der Waals surface area (Å²) in [4.78, 5) is 11.1. The number of aromatic carboxylic acids is 1. The summed E-state index contributed by atoms with van der Waals surface area (Å²) in [6, 6.07) is 5.10. The van der Waals surface area contributed by atoms with Gasteiger partial charge in [-0.25, -0.2) is 4.79 Å². The van der Waals surface area contributed by atoms with Crippen LogP contribution in [0.5, 0.6) is 0 Å². The van der Waals surface area contributed by atoms with E-state index in [4.69, 9.17) is 5.11 Å². The number of hydrogen-bond donors (Lipinski definition) is 2. The minimum Gasteiger partial charge on any atom is -0.477 e. The Morgan fingerprint density at radius 2 is 2.05 bits per heavy atom. The molecule has 3 nitrogen and oxygen atoms in total. The highest BCUT2D eigenvalue weighted by atomic mass is 79.9. The molecule has 0 radical (unpaired) electrons. The second-order valence-electron chi connectivity index (χ2n) is 4.16. The fourth-order valence-electron chi connectivity index (χ4n) is 1.72. The van der Waals surface area contributed by atoms with Gasteiger partial charge in [-0.3, -0.25) is 0 Å². The van der Waals surface area contributed by atoms with Crippen molar-refractivity contribution in [3.8, 4) is 0 Å². The summed E-state index contributed by atoms with van der Waals surface area (Å²) in [5.41, 5.74) is 0.0171. The summed E-state index contributed by atoms with van der Waals surface area (Å²) in [5.74, 6) is -1.05. The van der Waals surface area contributed by atoms with E-state index in [2.05, 4.69) is 21.2 Å². The number of hydrogen-bond acceptors (Lipinski definition) is 3. The first kappa shape index (κ1) is 15.8. The van der Waals surface area contributed by atoms with Gasteiger partial charge in [0.2, 0.25) is 0 Å². The number of carbonyl (C=O) groups is 1. The molecule has 112 valence electrons. The molecule has 0 saturated heterocycles. The summed E-state index contributed by atoms with van der Waals surface area (Å²) >= 11 is 4.10. The largest absolute Gasteiger partial charge is 0.477 e. The average Bonchev–Trinajstić information content (AvgIpc) is 2.83. The van der Waals surface area contributed by atoms with Crippen molar-refractivity contribution in [3.63, 3.8) is 0 Å². The number of halogens is 4. The summed E-state index contributed by atoms with van der Waals surface area (Å²) < 4.78 is 38.4. The molecule has 0 fully saturated rings. The number of alkyl halides is 3. The van der Waals surface area contributed by atoms with Crippen LogP contribution in [0.1, 0.15) is 20.8 Å². The molecule has 8 heteroatoms. The summed E-state index contributed by atoms with van der Waals surface area (Å²) in [6.45, 7) is 0.138. The third kappa shape index (κ3) is 3.98. The van der Waals surface area contributed by atoms with Gasteiger partial charge < -0.3 is 10.4 Å². The second kappa shape index (κ2) is 6.07. The monoisotopic (exact) mass is 379 g/mol. The SMILES string of the molecule is O=C(O)c1sccc1CNc1cc(Br)cc(C(F)(F)F)c1. The van der Waals surface area contributed by atoms with Crippen molar-refractivity contribution in [1.29, 1.82) is 0 Å². The Morgan fingerprint density at radius 3 is 2.67 bits per heavy atom. The van der Waals surface area contributed by atoms with E-state index in [9.17, 15) is 18.0 Å². The molecule has 0 bridgehead atoms. The van der Waals surface area contributed by atoms with Crippen LogP contribution in [0.15, 0.2) is 34.1 Å². The van der Waals surface area contributed by atoms with E-state index in [1.165, 1.54) is 6.07 Å². The van der Waals surface area contributed by atoms with Gasteiger partial charge in [0, 0.05) is 16.7 Å². The van der Waals surface area contributed by atoms with E-state index in [-0.39, 0.29) is 17.1 Å². The van der Waals surface area contributed by atoms with Crippen LogP contribution in [0.25, 0.3) is 0 Å². The molecule has 0 aliphatic carbocycles. The molecule has 2 N–H and O–H groups in total. The molecule has 1 heterocycles. The molecule has 0 aliphatic rings. The molecule has 0 saturated carbocycles. The number of nitrogens with one attached hydrogen (secondary N) is 1. The number of rotatable bonds is 4. The second-order valence-corrected chi connectivity index (χ2v) is 5.99. The molecular weight excluding hydrogens is 371 g/mol. The quantitative estimate of drug-likeness (QED) is 0.798. The van der Waals surface area contributed by atoms with E-state index < -0.39 is 17.7 Å². The molecular formula is C13H9BrF3NO2S. The van der Waals surface area contributed by atoms with Crippen LogP contribution in [0.4, 0.5) is 18.9 Å². The van der Waals surface area contributed by atoms with E-state index in [1.54, 1.807) is 11.4 Å². The van der Waals surface area contributed by atoms with Crippen molar-refractivity contribution in [3.05, 3.63) is 50.1 Å². The predicted octanol–water partition coefficient (Wildman–Crippen LogP) is 4.84. The fourth-order valence-corrected chi connectivity index (χ4v) is 2.97. The number of carboxylic acids is 1. The molecule has 0 unspecified atom stereocenters. The molecule has 1 aromatic carbocycles. The third-order valence-corrected chi connectivity index (χ3v) is 4.05. The zero-order valence-corrected chi connectivity index (χ0v) is 12.8. The maximum absolute atomic E-state index is 12.7. The lowest BCUT2D eigenvalue weighted by Gasteiger charge is -2.11. The first-order valence-corrected chi connectivity index (χ1v) is 7.36. The Balaban J connectivity index is 2.19. The van der Waals surface area contributed by atoms with Gasteiger partial charge >= 0.3 is 12.1 Å². The van der Waals surface area contributed by atoms with Crippen LogP contribution >= 0.6 is 27.3 Å². The van der Waals surface area contributed by atoms with Crippen LogP contribution in [-0.2, 0) is 12.7 Å². The van der Waals surface area contributed by atoms with E-state index in [1.807, 2.05) is 0 Å². The lowest BCUT2D eigenvalue weighted by molar-refractivity contribution is -0.137. The van der Waals surface area contributed by atoms with E-state index in [0.717, 1.165) is 23.5 Å². The normalized spacial score (nSPS) is 11.4. The van der Waals surface area contributed by atoms with Crippen molar-refractivity contribution < 1.29 is 23.1 Å². The van der Waals surface area contributed by atoms with Crippen LogP contribution < -0.4 is 5.32 Å². The van der Waals surface area contributed by atoms with Gasteiger partial charge in [-0.15, -0.1) is 11.3 Å². The fraction of sp³-hybridized carbons (Fsp3) is 0.154. The summed E-state index contributed by atoms with van der Waals surface area (Å²) in [6.07, 6.45) is -4.44. The molecule has 0 aliphatic heterocycles. The van der Waals surface area contributed by atoms with Gasteiger partial charge in [0.1, 0.15) is 4.88 Å². The molecule has 21 heavy (non-hydrogen) atoms. The number of benzene rings is 1. The van der Waals surface area contributed by atoms with Crippen molar-refractivity contribution in [2.24, 2.45) is 0 Å². The summed E-state index contributed by atoms with van der Waals surface area (Å²) in [5, 5.41) is 13.4. The lowest BCUT2D eigenvalue weighted by atomic mass is 10.2. The zero-order chi connectivity index (χ0) is 15.6. The lowest BCUT2D eigenvalue weighted by Crippen LogP contribution is -2.08. The average molecular weight is 380 g/mol. The Bertz CT molecular complexity index is 670. The Labute approximate surface area is 130 Å². The smallest absolute Gasteiger partial charge is 0.416 e. The van der Waals surface area contributed by atoms with Gasteiger partial charge in [0.05, 0.1) is 5.56 Å². The molecule has 0 spiro atoms. The van der Waals surface area contributed by atoms with Gasteiger partial charge in [0.15, 0.2) is 0 Å². The Morgan fingerprint density at radius 1 is 1.33 bits per heavy atom. The molecule has 1 aromatic heterocycles. The highest BCUT2D eigenvalue weighted by Crippen LogP contribution is 2.33. The van der Waals surface area contributed by atoms with Crippen molar-refractivity contribution >= 4 is 38.9 Å². The molecule has 2 aromatic rings. The zero-order valence-electron chi connectivity index (χ0n) is 10.4. The molecule has 0 atom stereocenters. The minimum absolute atomic E-state index is 0.138. The Kier molecular flexibility index (Phi) is 4.58. The standard InChI is InChI=1S/C13H9BrF3NO2S/c14-9-3-8(13(15,16)17)4-10(5-9)18-6-7-1-2-21-11(7)12(19)20/h1-5,18H,6H2,(H,19,20).